The fourth-order valence-electron chi connectivity index (χ4n) is 1.72. The van der Waals surface area contributed by atoms with Crippen molar-refractivity contribution in [3.63, 3.8) is 0 Å². The Morgan fingerprint density at radius 3 is 2.68 bits per heavy atom. The second-order valence-corrected chi connectivity index (χ2v) is 4.95. The Morgan fingerprint density at radius 2 is 2.05 bits per heavy atom. The van der Waals surface area contributed by atoms with Gasteiger partial charge in [-0.2, -0.15) is 0 Å². The van der Waals surface area contributed by atoms with E-state index in [0.29, 0.717) is 34.8 Å². The van der Waals surface area contributed by atoms with Crippen molar-refractivity contribution in [2.24, 2.45) is 0 Å². The van der Waals surface area contributed by atoms with Gasteiger partial charge in [-0.3, -0.25) is 0 Å². The summed E-state index contributed by atoms with van der Waals surface area (Å²) in [6.07, 6.45) is 0. The Bertz CT molecular complexity index is 571. The lowest BCUT2D eigenvalue weighted by atomic mass is 10.2. The van der Waals surface area contributed by atoms with E-state index in [1.807, 2.05) is 10.6 Å². The summed E-state index contributed by atoms with van der Waals surface area (Å²) in [6, 6.07) is 5.25. The number of hydrogen-bond acceptors (Lipinski definition) is 3. The molecule has 0 unspecified atom stereocenters. The Kier molecular flexibility index (Phi) is 5.05. The SMILES string of the molecule is COCCn1c(CCl)nnc1-c1ccc(Cl)cc1Cl. The van der Waals surface area contributed by atoms with Crippen LogP contribution < -0.4 is 0 Å². The van der Waals surface area contributed by atoms with Gasteiger partial charge in [-0.25, -0.2) is 0 Å². The van der Waals surface area contributed by atoms with Gasteiger partial charge >= 0.3 is 0 Å². The van der Waals surface area contributed by atoms with Crippen molar-refractivity contribution in [1.82, 2.24) is 14.8 Å². The summed E-state index contributed by atoms with van der Waals surface area (Å²) in [4.78, 5) is 0. The van der Waals surface area contributed by atoms with Crippen molar-refractivity contribution in [3.05, 3.63) is 34.1 Å². The van der Waals surface area contributed by atoms with Crippen LogP contribution in [-0.2, 0) is 17.2 Å². The van der Waals surface area contributed by atoms with Crippen LogP contribution in [0.2, 0.25) is 10.0 Å². The van der Waals surface area contributed by atoms with Crippen molar-refractivity contribution >= 4 is 34.8 Å². The number of hydrogen-bond donors (Lipinski definition) is 0. The zero-order chi connectivity index (χ0) is 13.8. The van der Waals surface area contributed by atoms with Gasteiger partial charge < -0.3 is 9.30 Å². The Hall–Kier alpha value is -0.810. The van der Waals surface area contributed by atoms with Crippen LogP contribution in [0.1, 0.15) is 5.82 Å². The van der Waals surface area contributed by atoms with Crippen LogP contribution in [0.4, 0.5) is 0 Å². The molecule has 0 saturated carbocycles. The molecule has 1 aromatic carbocycles. The quantitative estimate of drug-likeness (QED) is 0.790. The molecule has 0 radical (unpaired) electrons. The van der Waals surface area contributed by atoms with E-state index < -0.39 is 0 Å². The number of aromatic nitrogens is 3. The van der Waals surface area contributed by atoms with E-state index in [1.165, 1.54) is 0 Å². The molecule has 7 heteroatoms. The molecule has 0 aliphatic heterocycles. The number of alkyl halides is 1. The molecule has 1 heterocycles. The number of nitrogens with zero attached hydrogens (tertiary/aromatic N) is 3. The number of halogens is 3. The van der Waals surface area contributed by atoms with Crippen molar-refractivity contribution in [2.75, 3.05) is 13.7 Å². The summed E-state index contributed by atoms with van der Waals surface area (Å²) >= 11 is 17.9. The van der Waals surface area contributed by atoms with Crippen LogP contribution >= 0.6 is 34.8 Å². The first-order valence-corrected chi connectivity index (χ1v) is 6.88. The van der Waals surface area contributed by atoms with Gasteiger partial charge in [-0.1, -0.05) is 23.2 Å². The second kappa shape index (κ2) is 6.57. The van der Waals surface area contributed by atoms with Gasteiger partial charge in [0.05, 0.1) is 17.5 Å². The topological polar surface area (TPSA) is 39.9 Å². The van der Waals surface area contributed by atoms with Crippen LogP contribution in [0.25, 0.3) is 11.4 Å². The van der Waals surface area contributed by atoms with E-state index in [9.17, 15) is 0 Å². The maximum absolute atomic E-state index is 6.19. The molecule has 0 aliphatic rings. The molecule has 2 rings (SSSR count). The third kappa shape index (κ3) is 3.20. The Balaban J connectivity index is 2.46. The molecule has 0 saturated heterocycles. The normalized spacial score (nSPS) is 10.9. The molecule has 0 fully saturated rings. The standard InChI is InChI=1S/C12H12Cl3N3O/c1-19-5-4-18-11(7-13)16-17-12(18)9-3-2-8(14)6-10(9)15/h2-3,6H,4-5,7H2,1H3. The molecule has 0 spiro atoms. The van der Waals surface area contributed by atoms with E-state index in [4.69, 9.17) is 39.5 Å². The van der Waals surface area contributed by atoms with E-state index in [2.05, 4.69) is 10.2 Å². The summed E-state index contributed by atoms with van der Waals surface area (Å²) in [5.41, 5.74) is 0.769. The molecule has 1 aromatic heterocycles. The summed E-state index contributed by atoms with van der Waals surface area (Å²) < 4.78 is 6.98. The van der Waals surface area contributed by atoms with Gasteiger partial charge in [0.25, 0.3) is 0 Å². The zero-order valence-electron chi connectivity index (χ0n) is 10.2. The van der Waals surface area contributed by atoms with Crippen molar-refractivity contribution in [2.45, 2.75) is 12.4 Å². The molecule has 102 valence electrons. The van der Waals surface area contributed by atoms with Crippen LogP contribution in [-0.4, -0.2) is 28.5 Å². The molecule has 4 nitrogen and oxygen atoms in total. The van der Waals surface area contributed by atoms with E-state index in [0.717, 1.165) is 5.56 Å². The lowest BCUT2D eigenvalue weighted by molar-refractivity contribution is 0.187. The van der Waals surface area contributed by atoms with Crippen LogP contribution in [0.5, 0.6) is 0 Å². The summed E-state index contributed by atoms with van der Waals surface area (Å²) in [7, 11) is 1.64. The minimum atomic E-state index is 0.280. The van der Waals surface area contributed by atoms with E-state index >= 15 is 0 Å². The molecule has 0 N–H and O–H groups in total. The maximum Gasteiger partial charge on any atom is 0.165 e. The van der Waals surface area contributed by atoms with Gasteiger partial charge in [-0.05, 0) is 18.2 Å². The number of methoxy groups -OCH3 is 1. The van der Waals surface area contributed by atoms with Crippen LogP contribution in [0, 0.1) is 0 Å². The summed E-state index contributed by atoms with van der Waals surface area (Å²) in [5.74, 6) is 1.62. The monoisotopic (exact) mass is 319 g/mol. The van der Waals surface area contributed by atoms with Gasteiger partial charge in [0.1, 0.15) is 5.82 Å². The van der Waals surface area contributed by atoms with Crippen LogP contribution in [0.3, 0.4) is 0 Å². The van der Waals surface area contributed by atoms with Gasteiger partial charge in [0.2, 0.25) is 0 Å². The zero-order valence-corrected chi connectivity index (χ0v) is 12.5. The predicted octanol–water partition coefficient (Wildman–Crippen LogP) is 3.64. The molecule has 0 atom stereocenters. The van der Waals surface area contributed by atoms with Crippen molar-refractivity contribution in [1.29, 1.82) is 0 Å². The molecule has 0 amide bonds. The molecular formula is C12H12Cl3N3O. The van der Waals surface area contributed by atoms with Crippen molar-refractivity contribution < 1.29 is 4.74 Å². The first-order chi connectivity index (χ1) is 9.17. The molecule has 0 aliphatic carbocycles. The van der Waals surface area contributed by atoms with Gasteiger partial charge in [0, 0.05) is 24.2 Å². The molecular weight excluding hydrogens is 309 g/mol. The van der Waals surface area contributed by atoms with Crippen LogP contribution in [0.15, 0.2) is 18.2 Å². The lowest BCUT2D eigenvalue weighted by Crippen LogP contribution is -2.09. The highest BCUT2D eigenvalue weighted by atomic mass is 35.5. The smallest absolute Gasteiger partial charge is 0.165 e. The first kappa shape index (κ1) is 14.6. The Morgan fingerprint density at radius 1 is 1.26 bits per heavy atom. The number of benzene rings is 1. The predicted molar refractivity (Wildman–Crippen MR) is 76.9 cm³/mol. The van der Waals surface area contributed by atoms with Gasteiger partial charge in [-0.15, -0.1) is 21.8 Å². The number of rotatable bonds is 5. The lowest BCUT2D eigenvalue weighted by Gasteiger charge is -2.09. The highest BCUT2D eigenvalue weighted by molar-refractivity contribution is 6.36. The van der Waals surface area contributed by atoms with Crippen molar-refractivity contribution in [3.8, 4) is 11.4 Å². The second-order valence-electron chi connectivity index (χ2n) is 3.84. The first-order valence-electron chi connectivity index (χ1n) is 5.59. The third-order valence-electron chi connectivity index (χ3n) is 2.64. The number of ether oxygens (including phenoxy) is 1. The largest absolute Gasteiger partial charge is 0.383 e. The van der Waals surface area contributed by atoms with E-state index in [-0.39, 0.29) is 5.88 Å². The molecule has 19 heavy (non-hydrogen) atoms. The highest BCUT2D eigenvalue weighted by Gasteiger charge is 2.15. The average molecular weight is 321 g/mol. The minimum absolute atomic E-state index is 0.280. The molecule has 0 bridgehead atoms. The third-order valence-corrected chi connectivity index (χ3v) is 3.42. The minimum Gasteiger partial charge on any atom is -0.383 e. The molecule has 2 aromatic rings. The Labute approximate surface area is 126 Å². The maximum atomic E-state index is 6.19. The average Bonchev–Trinajstić information content (AvgIpc) is 2.79. The van der Waals surface area contributed by atoms with E-state index in [1.54, 1.807) is 19.2 Å². The van der Waals surface area contributed by atoms with Gasteiger partial charge in [0.15, 0.2) is 5.82 Å². The fourth-order valence-corrected chi connectivity index (χ4v) is 2.41. The highest BCUT2D eigenvalue weighted by Crippen LogP contribution is 2.29. The summed E-state index contributed by atoms with van der Waals surface area (Å²) in [6.45, 7) is 1.15. The summed E-state index contributed by atoms with van der Waals surface area (Å²) in [5, 5.41) is 9.31. The fraction of sp³-hybridized carbons (Fsp3) is 0.333.